The number of carbonyl (C=O) groups excluding carboxylic acids is 2. The van der Waals surface area contributed by atoms with Crippen LogP contribution in [0.2, 0.25) is 0 Å². The van der Waals surface area contributed by atoms with Crippen LogP contribution in [0.1, 0.15) is 29.1 Å². The van der Waals surface area contributed by atoms with E-state index in [0.29, 0.717) is 11.3 Å². The van der Waals surface area contributed by atoms with E-state index in [1.54, 1.807) is 6.20 Å². The van der Waals surface area contributed by atoms with Crippen LogP contribution in [0.5, 0.6) is 0 Å². The Morgan fingerprint density at radius 1 is 1.15 bits per heavy atom. The highest BCUT2D eigenvalue weighted by atomic mass is 16.5. The second kappa shape index (κ2) is 6.99. The molecule has 136 valence electrons. The van der Waals surface area contributed by atoms with Crippen LogP contribution in [0.15, 0.2) is 65.2 Å². The third-order valence-electron chi connectivity index (χ3n) is 4.39. The van der Waals surface area contributed by atoms with E-state index in [0.717, 1.165) is 21.9 Å². The lowest BCUT2D eigenvalue weighted by Gasteiger charge is -2.11. The largest absolute Gasteiger partial charge is 0.459 e. The monoisotopic (exact) mass is 362 g/mol. The lowest BCUT2D eigenvalue weighted by molar-refractivity contribution is -0.125. The third kappa shape index (κ3) is 3.42. The van der Waals surface area contributed by atoms with Gasteiger partial charge in [0.1, 0.15) is 11.3 Å². The second-order valence-electron chi connectivity index (χ2n) is 6.30. The van der Waals surface area contributed by atoms with E-state index in [-0.39, 0.29) is 12.6 Å². The predicted molar refractivity (Wildman–Crippen MR) is 101 cm³/mol. The zero-order valence-electron chi connectivity index (χ0n) is 14.7. The number of aromatic nitrogens is 1. The topological polar surface area (TPSA) is 84.3 Å². The van der Waals surface area contributed by atoms with Gasteiger partial charge >= 0.3 is 5.97 Å². The Morgan fingerprint density at radius 2 is 1.93 bits per heavy atom. The van der Waals surface area contributed by atoms with Gasteiger partial charge in [0.05, 0.1) is 11.6 Å². The Hall–Kier alpha value is -3.54. The molecule has 0 bridgehead atoms. The standard InChI is InChI=1S/C21H18N2O4/c1-13(19-10-14-6-2-5-9-18(14)27-19)23-20(24)12-26-21(25)16-11-22-17-8-4-3-7-15(16)17/h2-11,13,22H,12H2,1H3,(H,23,24)/t13-/m1/s1. The minimum Gasteiger partial charge on any atom is -0.459 e. The van der Waals surface area contributed by atoms with Gasteiger partial charge < -0.3 is 19.5 Å². The molecule has 0 unspecified atom stereocenters. The van der Waals surface area contributed by atoms with Crippen molar-refractivity contribution in [3.63, 3.8) is 0 Å². The summed E-state index contributed by atoms with van der Waals surface area (Å²) < 4.78 is 10.9. The van der Waals surface area contributed by atoms with Gasteiger partial charge in [-0.3, -0.25) is 4.79 Å². The molecule has 0 radical (unpaired) electrons. The Labute approximate surface area is 155 Å². The van der Waals surface area contributed by atoms with Crippen molar-refractivity contribution in [1.29, 1.82) is 0 Å². The number of nitrogens with one attached hydrogen (secondary N) is 2. The summed E-state index contributed by atoms with van der Waals surface area (Å²) in [4.78, 5) is 27.4. The van der Waals surface area contributed by atoms with Crippen molar-refractivity contribution < 1.29 is 18.7 Å². The number of benzene rings is 2. The summed E-state index contributed by atoms with van der Waals surface area (Å²) in [6.07, 6.45) is 1.59. The van der Waals surface area contributed by atoms with Gasteiger partial charge in [0, 0.05) is 22.5 Å². The van der Waals surface area contributed by atoms with Gasteiger partial charge in [0.15, 0.2) is 6.61 Å². The molecular formula is C21H18N2O4. The first-order chi connectivity index (χ1) is 13.1. The first-order valence-corrected chi connectivity index (χ1v) is 8.63. The Bertz CT molecular complexity index is 1090. The summed E-state index contributed by atoms with van der Waals surface area (Å²) in [6, 6.07) is 16.6. The Morgan fingerprint density at radius 3 is 2.78 bits per heavy atom. The molecule has 2 aromatic carbocycles. The van der Waals surface area contributed by atoms with Gasteiger partial charge in [-0.1, -0.05) is 36.4 Å². The van der Waals surface area contributed by atoms with Crippen molar-refractivity contribution in [3.05, 3.63) is 72.1 Å². The molecule has 27 heavy (non-hydrogen) atoms. The van der Waals surface area contributed by atoms with E-state index in [1.165, 1.54) is 0 Å². The summed E-state index contributed by atoms with van der Waals surface area (Å²) in [5.41, 5.74) is 2.01. The van der Waals surface area contributed by atoms with Crippen molar-refractivity contribution in [2.24, 2.45) is 0 Å². The van der Waals surface area contributed by atoms with E-state index in [1.807, 2.05) is 61.5 Å². The summed E-state index contributed by atoms with van der Waals surface area (Å²) in [5, 5.41) is 4.51. The number of aromatic amines is 1. The Balaban J connectivity index is 1.37. The normalized spacial score (nSPS) is 12.2. The number of fused-ring (bicyclic) bond motifs is 2. The SMILES string of the molecule is C[C@@H](NC(=O)COC(=O)c1c[nH]c2ccccc12)c1cc2ccccc2o1. The average Bonchev–Trinajstić information content (AvgIpc) is 3.30. The van der Waals surface area contributed by atoms with Gasteiger partial charge in [-0.2, -0.15) is 0 Å². The molecule has 1 atom stereocenters. The number of amides is 1. The lowest BCUT2D eigenvalue weighted by atomic mass is 10.2. The van der Waals surface area contributed by atoms with Crippen LogP contribution >= 0.6 is 0 Å². The smallest absolute Gasteiger partial charge is 0.340 e. The molecule has 6 heteroatoms. The zero-order valence-corrected chi connectivity index (χ0v) is 14.7. The maximum absolute atomic E-state index is 12.3. The maximum atomic E-state index is 12.3. The van der Waals surface area contributed by atoms with Gasteiger partial charge in [0.2, 0.25) is 0 Å². The molecule has 4 rings (SSSR count). The number of H-pyrrole nitrogens is 1. The molecule has 2 heterocycles. The average molecular weight is 362 g/mol. The molecule has 1 amide bonds. The van der Waals surface area contributed by atoms with Crippen molar-refractivity contribution in [3.8, 4) is 0 Å². The van der Waals surface area contributed by atoms with E-state index >= 15 is 0 Å². The highest BCUT2D eigenvalue weighted by Gasteiger charge is 2.17. The molecule has 0 aliphatic rings. The number of esters is 1. The molecule has 0 fully saturated rings. The minimum absolute atomic E-state index is 0.336. The molecular weight excluding hydrogens is 344 g/mol. The van der Waals surface area contributed by atoms with Crippen molar-refractivity contribution in [2.75, 3.05) is 6.61 Å². The first-order valence-electron chi connectivity index (χ1n) is 8.63. The number of furan rings is 1. The number of hydrogen-bond donors (Lipinski definition) is 2. The number of hydrogen-bond acceptors (Lipinski definition) is 4. The fraction of sp³-hybridized carbons (Fsp3) is 0.143. The molecule has 2 N–H and O–H groups in total. The minimum atomic E-state index is -0.543. The van der Waals surface area contributed by atoms with Gasteiger partial charge in [-0.25, -0.2) is 4.79 Å². The van der Waals surface area contributed by atoms with Crippen LogP contribution in [-0.4, -0.2) is 23.5 Å². The van der Waals surface area contributed by atoms with Crippen LogP contribution in [0.3, 0.4) is 0 Å². The fourth-order valence-corrected chi connectivity index (χ4v) is 3.02. The fourth-order valence-electron chi connectivity index (χ4n) is 3.02. The van der Waals surface area contributed by atoms with Crippen molar-refractivity contribution in [2.45, 2.75) is 13.0 Å². The van der Waals surface area contributed by atoms with Crippen molar-refractivity contribution >= 4 is 33.7 Å². The van der Waals surface area contributed by atoms with E-state index in [4.69, 9.17) is 9.15 Å². The zero-order chi connectivity index (χ0) is 18.8. The molecule has 0 spiro atoms. The number of carbonyl (C=O) groups is 2. The molecule has 6 nitrogen and oxygen atoms in total. The van der Waals surface area contributed by atoms with Gasteiger partial charge in [-0.05, 0) is 25.1 Å². The highest BCUT2D eigenvalue weighted by molar-refractivity contribution is 6.04. The van der Waals surface area contributed by atoms with E-state index in [9.17, 15) is 9.59 Å². The first kappa shape index (κ1) is 16.9. The van der Waals surface area contributed by atoms with Crippen LogP contribution in [0.4, 0.5) is 0 Å². The molecule has 0 saturated heterocycles. The lowest BCUT2D eigenvalue weighted by Crippen LogP contribution is -2.30. The van der Waals surface area contributed by atoms with Gasteiger partial charge in [-0.15, -0.1) is 0 Å². The summed E-state index contributed by atoms with van der Waals surface area (Å²) in [5.74, 6) is -0.289. The van der Waals surface area contributed by atoms with Gasteiger partial charge in [0.25, 0.3) is 5.91 Å². The van der Waals surface area contributed by atoms with Crippen LogP contribution < -0.4 is 5.32 Å². The van der Waals surface area contributed by atoms with Crippen LogP contribution in [-0.2, 0) is 9.53 Å². The highest BCUT2D eigenvalue weighted by Crippen LogP contribution is 2.23. The third-order valence-corrected chi connectivity index (χ3v) is 4.39. The molecule has 0 aliphatic carbocycles. The second-order valence-corrected chi connectivity index (χ2v) is 6.30. The number of para-hydroxylation sites is 2. The quantitative estimate of drug-likeness (QED) is 0.527. The van der Waals surface area contributed by atoms with E-state index < -0.39 is 11.9 Å². The predicted octanol–water partition coefficient (Wildman–Crippen LogP) is 3.95. The maximum Gasteiger partial charge on any atom is 0.340 e. The summed E-state index contributed by atoms with van der Waals surface area (Å²) in [6.45, 7) is 1.46. The molecule has 0 saturated carbocycles. The number of ether oxygens (including phenoxy) is 1. The van der Waals surface area contributed by atoms with Crippen molar-refractivity contribution in [1.82, 2.24) is 10.3 Å². The molecule has 4 aromatic rings. The summed E-state index contributed by atoms with van der Waals surface area (Å²) in [7, 11) is 0. The Kier molecular flexibility index (Phi) is 4.38. The van der Waals surface area contributed by atoms with Crippen LogP contribution in [0.25, 0.3) is 21.9 Å². The van der Waals surface area contributed by atoms with E-state index in [2.05, 4.69) is 10.3 Å². The molecule has 0 aliphatic heterocycles. The molecule has 2 aromatic heterocycles. The summed E-state index contributed by atoms with van der Waals surface area (Å²) >= 11 is 0. The van der Waals surface area contributed by atoms with Crippen LogP contribution in [0, 0.1) is 0 Å². The number of rotatable bonds is 5.